The van der Waals surface area contributed by atoms with Gasteiger partial charge in [0.05, 0.1) is 5.60 Å². The van der Waals surface area contributed by atoms with Gasteiger partial charge in [0.1, 0.15) is 5.75 Å². The molecule has 1 aromatic carbocycles. The first-order valence-electron chi connectivity index (χ1n) is 10.4. The third-order valence-corrected chi connectivity index (χ3v) is 7.50. The average Bonchev–Trinajstić information content (AvgIpc) is 2.61. The van der Waals surface area contributed by atoms with Gasteiger partial charge >= 0.3 is 0 Å². The van der Waals surface area contributed by atoms with Gasteiger partial charge in [-0.15, -0.1) is 0 Å². The van der Waals surface area contributed by atoms with Crippen molar-refractivity contribution in [1.82, 2.24) is 10.2 Å². The normalized spacial score (nSPS) is 33.7. The van der Waals surface area contributed by atoms with Crippen molar-refractivity contribution in [2.45, 2.75) is 81.4 Å². The second kappa shape index (κ2) is 6.81. The zero-order valence-corrected chi connectivity index (χ0v) is 16.3. The molecule has 1 saturated carbocycles. The van der Waals surface area contributed by atoms with E-state index >= 15 is 0 Å². The maximum Gasteiger partial charge on any atom is 0.115 e. The van der Waals surface area contributed by atoms with E-state index in [0.29, 0.717) is 17.8 Å². The van der Waals surface area contributed by atoms with E-state index < -0.39 is 5.60 Å². The number of likely N-dealkylation sites (N-methyl/N-ethyl adjacent to an activating group) is 1. The number of nitrogens with zero attached hydrogens (tertiary/aromatic N) is 1. The number of aliphatic hydroxyl groups is 1. The van der Waals surface area contributed by atoms with Crippen molar-refractivity contribution in [1.29, 1.82) is 0 Å². The van der Waals surface area contributed by atoms with Crippen LogP contribution in [-0.2, 0) is 11.8 Å². The lowest BCUT2D eigenvalue weighted by Crippen LogP contribution is -2.66. The summed E-state index contributed by atoms with van der Waals surface area (Å²) in [5.74, 6) is 0.373. The van der Waals surface area contributed by atoms with Crippen LogP contribution in [0.4, 0.5) is 0 Å². The van der Waals surface area contributed by atoms with Crippen LogP contribution in [0.15, 0.2) is 18.2 Å². The minimum absolute atomic E-state index is 0.0404. The summed E-state index contributed by atoms with van der Waals surface area (Å²) in [5.41, 5.74) is 2.28. The maximum absolute atomic E-state index is 10.8. The van der Waals surface area contributed by atoms with E-state index in [2.05, 4.69) is 30.3 Å². The average molecular weight is 359 g/mol. The summed E-state index contributed by atoms with van der Waals surface area (Å²) in [6.45, 7) is 4.32. The first-order valence-corrected chi connectivity index (χ1v) is 10.4. The lowest BCUT2D eigenvalue weighted by Gasteiger charge is -2.55. The molecule has 4 heteroatoms. The van der Waals surface area contributed by atoms with Crippen molar-refractivity contribution in [2.24, 2.45) is 0 Å². The fourth-order valence-corrected chi connectivity index (χ4v) is 5.77. The maximum atomic E-state index is 10.8. The Hall–Kier alpha value is -1.10. The highest BCUT2D eigenvalue weighted by atomic mass is 16.3. The molecule has 1 heterocycles. The fraction of sp³-hybridized carbons (Fsp3) is 0.727. The van der Waals surface area contributed by atoms with Crippen molar-refractivity contribution < 1.29 is 10.2 Å². The van der Waals surface area contributed by atoms with E-state index in [1.807, 2.05) is 12.1 Å². The Labute approximate surface area is 157 Å². The lowest BCUT2D eigenvalue weighted by atomic mass is 9.61. The molecule has 2 fully saturated rings. The van der Waals surface area contributed by atoms with E-state index in [4.69, 9.17) is 0 Å². The van der Waals surface area contributed by atoms with Crippen LogP contribution in [0, 0.1) is 0 Å². The Morgan fingerprint density at radius 2 is 1.96 bits per heavy atom. The summed E-state index contributed by atoms with van der Waals surface area (Å²) in [5, 5.41) is 24.7. The number of rotatable bonds is 4. The van der Waals surface area contributed by atoms with E-state index in [1.165, 1.54) is 17.5 Å². The highest BCUT2D eigenvalue weighted by Gasteiger charge is 2.49. The third-order valence-electron chi connectivity index (χ3n) is 7.50. The third kappa shape index (κ3) is 3.17. The number of benzene rings is 1. The number of phenolic OH excluding ortho intramolecular Hbond substituents is 1. The van der Waals surface area contributed by atoms with Crippen molar-refractivity contribution in [3.63, 3.8) is 0 Å². The molecule has 1 aromatic rings. The Morgan fingerprint density at radius 3 is 2.73 bits per heavy atom. The summed E-state index contributed by atoms with van der Waals surface area (Å²) >= 11 is 0. The highest BCUT2D eigenvalue weighted by molar-refractivity contribution is 5.45. The molecule has 0 amide bonds. The zero-order valence-electron chi connectivity index (χ0n) is 16.3. The van der Waals surface area contributed by atoms with Gasteiger partial charge in [-0.25, -0.2) is 0 Å². The molecule has 26 heavy (non-hydrogen) atoms. The van der Waals surface area contributed by atoms with E-state index in [9.17, 15) is 10.2 Å². The standard InChI is InChI=1S/C22H34N2O2/c1-21-11-13-24(2)19(14-16-6-7-17(25)15-18(16)21)20(21)23-12-10-22(26)8-4-3-5-9-22/h6-7,15,19-20,23,25-26H,3-5,8-14H2,1-2H3. The summed E-state index contributed by atoms with van der Waals surface area (Å²) in [4.78, 5) is 2.49. The largest absolute Gasteiger partial charge is 0.508 e. The van der Waals surface area contributed by atoms with Gasteiger partial charge in [0.25, 0.3) is 0 Å². The zero-order chi connectivity index (χ0) is 18.4. The first kappa shape index (κ1) is 18.3. The smallest absolute Gasteiger partial charge is 0.115 e. The van der Waals surface area contributed by atoms with Gasteiger partial charge in [-0.1, -0.05) is 32.3 Å². The molecule has 3 unspecified atom stereocenters. The van der Waals surface area contributed by atoms with Gasteiger partial charge in [-0.2, -0.15) is 0 Å². The molecule has 2 aliphatic carbocycles. The minimum Gasteiger partial charge on any atom is -0.508 e. The van der Waals surface area contributed by atoms with Crippen LogP contribution in [0.1, 0.15) is 63.0 Å². The van der Waals surface area contributed by atoms with Gasteiger partial charge in [0.15, 0.2) is 0 Å². The van der Waals surface area contributed by atoms with Crippen LogP contribution in [0.25, 0.3) is 0 Å². The molecule has 1 saturated heterocycles. The molecule has 0 spiro atoms. The molecule has 2 bridgehead atoms. The van der Waals surface area contributed by atoms with Gasteiger partial charge < -0.3 is 20.4 Å². The quantitative estimate of drug-likeness (QED) is 0.775. The van der Waals surface area contributed by atoms with Crippen LogP contribution in [0.2, 0.25) is 0 Å². The number of hydrogen-bond acceptors (Lipinski definition) is 4. The lowest BCUT2D eigenvalue weighted by molar-refractivity contribution is -0.00751. The number of nitrogens with one attached hydrogen (secondary N) is 1. The number of piperidine rings is 1. The Bertz CT molecular complexity index is 656. The second-order valence-corrected chi connectivity index (χ2v) is 9.23. The van der Waals surface area contributed by atoms with Crippen LogP contribution < -0.4 is 5.32 Å². The number of hydrogen-bond donors (Lipinski definition) is 3. The Kier molecular flexibility index (Phi) is 4.79. The predicted octanol–water partition coefficient (Wildman–Crippen LogP) is 2.95. The number of likely N-dealkylation sites (tertiary alicyclic amines) is 1. The first-order chi connectivity index (χ1) is 12.4. The summed E-state index contributed by atoms with van der Waals surface area (Å²) in [7, 11) is 2.24. The Balaban J connectivity index is 1.53. The molecule has 4 rings (SSSR count). The molecular formula is C22H34N2O2. The van der Waals surface area contributed by atoms with Crippen molar-refractivity contribution in [3.8, 4) is 5.75 Å². The second-order valence-electron chi connectivity index (χ2n) is 9.23. The number of phenols is 1. The van der Waals surface area contributed by atoms with Crippen LogP contribution >= 0.6 is 0 Å². The van der Waals surface area contributed by atoms with Gasteiger partial charge in [-0.3, -0.25) is 0 Å². The van der Waals surface area contributed by atoms with E-state index in [1.54, 1.807) is 0 Å². The molecule has 3 atom stereocenters. The van der Waals surface area contributed by atoms with E-state index in [0.717, 1.165) is 58.0 Å². The van der Waals surface area contributed by atoms with Crippen LogP contribution in [0.3, 0.4) is 0 Å². The molecule has 1 aliphatic heterocycles. The Morgan fingerprint density at radius 1 is 1.19 bits per heavy atom. The van der Waals surface area contributed by atoms with Gasteiger partial charge in [-0.05, 0) is 75.5 Å². The highest BCUT2D eigenvalue weighted by Crippen LogP contribution is 2.45. The monoisotopic (exact) mass is 358 g/mol. The molecule has 144 valence electrons. The molecule has 0 radical (unpaired) electrons. The molecular weight excluding hydrogens is 324 g/mol. The van der Waals surface area contributed by atoms with E-state index in [-0.39, 0.29) is 5.41 Å². The predicted molar refractivity (Wildman–Crippen MR) is 105 cm³/mol. The molecule has 3 N–H and O–H groups in total. The van der Waals surface area contributed by atoms with Crippen molar-refractivity contribution >= 4 is 0 Å². The van der Waals surface area contributed by atoms with Gasteiger partial charge in [0, 0.05) is 17.5 Å². The van der Waals surface area contributed by atoms with Crippen molar-refractivity contribution in [2.75, 3.05) is 20.1 Å². The molecule has 0 aromatic heterocycles. The van der Waals surface area contributed by atoms with Crippen molar-refractivity contribution in [3.05, 3.63) is 29.3 Å². The van der Waals surface area contributed by atoms with Crippen LogP contribution in [-0.4, -0.2) is 52.9 Å². The summed E-state index contributed by atoms with van der Waals surface area (Å²) in [6, 6.07) is 6.76. The topological polar surface area (TPSA) is 55.7 Å². The molecule has 3 aliphatic rings. The number of aromatic hydroxyl groups is 1. The van der Waals surface area contributed by atoms with Crippen LogP contribution in [0.5, 0.6) is 5.75 Å². The molecule has 4 nitrogen and oxygen atoms in total. The number of fused-ring (bicyclic) bond motifs is 4. The minimum atomic E-state index is -0.460. The fourth-order valence-electron chi connectivity index (χ4n) is 5.77. The summed E-state index contributed by atoms with van der Waals surface area (Å²) in [6.07, 6.45) is 8.48. The van der Waals surface area contributed by atoms with Gasteiger partial charge in [0.2, 0.25) is 0 Å². The SMILES string of the molecule is CN1CCC2(C)c3cc(O)ccc3CC1C2NCCC1(O)CCCCC1. The summed E-state index contributed by atoms with van der Waals surface area (Å²) < 4.78 is 0.